The predicted octanol–water partition coefficient (Wildman–Crippen LogP) is 1.80. The van der Waals surface area contributed by atoms with Crippen LogP contribution in [0.25, 0.3) is 0 Å². The molecule has 2 N–H and O–H groups in total. The molecule has 1 aliphatic rings. The van der Waals surface area contributed by atoms with Crippen molar-refractivity contribution in [1.82, 2.24) is 0 Å². The third-order valence-corrected chi connectivity index (χ3v) is 5.42. The first kappa shape index (κ1) is 15.8. The van der Waals surface area contributed by atoms with E-state index in [1.165, 1.54) is 18.2 Å². The molecule has 6 nitrogen and oxygen atoms in total. The van der Waals surface area contributed by atoms with Gasteiger partial charge in [-0.25, -0.2) is 13.2 Å². The van der Waals surface area contributed by atoms with Gasteiger partial charge in [0.1, 0.15) is 9.84 Å². The molecule has 1 aromatic rings. The van der Waals surface area contributed by atoms with Gasteiger partial charge in [0.15, 0.2) is 0 Å². The molecule has 0 unspecified atom stereocenters. The van der Waals surface area contributed by atoms with Crippen LogP contribution in [0.4, 0.5) is 5.69 Å². The molecule has 0 spiro atoms. The number of halogens is 1. The predicted molar refractivity (Wildman–Crippen MR) is 78.4 cm³/mol. The molecule has 8 heteroatoms. The van der Waals surface area contributed by atoms with Gasteiger partial charge >= 0.3 is 5.97 Å². The van der Waals surface area contributed by atoms with Crippen molar-refractivity contribution in [3.05, 3.63) is 28.8 Å². The van der Waals surface area contributed by atoms with Crippen molar-refractivity contribution in [3.63, 3.8) is 0 Å². The number of nitrogens with one attached hydrogen (secondary N) is 1. The van der Waals surface area contributed by atoms with Crippen molar-refractivity contribution in [1.29, 1.82) is 0 Å². The first-order valence-corrected chi connectivity index (χ1v) is 8.52. The van der Waals surface area contributed by atoms with Gasteiger partial charge < -0.3 is 10.4 Å². The lowest BCUT2D eigenvalue weighted by molar-refractivity contribution is -0.120. The maximum Gasteiger partial charge on any atom is 0.337 e. The minimum absolute atomic E-state index is 0.0177. The molecule has 0 bridgehead atoms. The highest BCUT2D eigenvalue weighted by molar-refractivity contribution is 7.91. The molecule has 1 saturated heterocycles. The molecule has 1 aromatic carbocycles. The van der Waals surface area contributed by atoms with E-state index in [9.17, 15) is 18.0 Å². The van der Waals surface area contributed by atoms with Crippen LogP contribution < -0.4 is 5.32 Å². The van der Waals surface area contributed by atoms with Crippen LogP contribution in [0.15, 0.2) is 18.2 Å². The highest BCUT2D eigenvalue weighted by atomic mass is 35.5. The number of sulfone groups is 1. The fourth-order valence-electron chi connectivity index (χ4n) is 2.16. The van der Waals surface area contributed by atoms with E-state index in [2.05, 4.69) is 5.32 Å². The van der Waals surface area contributed by atoms with Crippen molar-refractivity contribution in [3.8, 4) is 0 Å². The van der Waals surface area contributed by atoms with E-state index in [1.807, 2.05) is 0 Å². The number of carbonyl (C=O) groups is 2. The fourth-order valence-corrected chi connectivity index (χ4v) is 3.92. The lowest BCUT2D eigenvalue weighted by Gasteiger charge is -2.21. The standard InChI is InChI=1S/C13H14ClNO5S/c14-11-7-9(1-2-10(11)13(17)18)15-12(16)8-3-5-21(19,20)6-4-8/h1-2,7-8H,3-6H2,(H,15,16)(H,17,18). The van der Waals surface area contributed by atoms with E-state index in [4.69, 9.17) is 16.7 Å². The number of carboxylic acid groups (broad SMARTS) is 1. The highest BCUT2D eigenvalue weighted by Crippen LogP contribution is 2.24. The summed E-state index contributed by atoms with van der Waals surface area (Å²) in [5.74, 6) is -1.74. The fraction of sp³-hybridized carbons (Fsp3) is 0.385. The number of hydrogen-bond donors (Lipinski definition) is 2. The van der Waals surface area contributed by atoms with Gasteiger partial charge in [-0.3, -0.25) is 4.79 Å². The van der Waals surface area contributed by atoms with Crippen molar-refractivity contribution in [2.24, 2.45) is 5.92 Å². The minimum atomic E-state index is -3.01. The molecule has 0 saturated carbocycles. The van der Waals surface area contributed by atoms with Crippen molar-refractivity contribution in [2.75, 3.05) is 16.8 Å². The summed E-state index contributed by atoms with van der Waals surface area (Å²) in [5, 5.41) is 11.5. The van der Waals surface area contributed by atoms with E-state index in [-0.39, 0.29) is 33.9 Å². The Bertz CT molecular complexity index is 672. The average molecular weight is 332 g/mol. The van der Waals surface area contributed by atoms with E-state index >= 15 is 0 Å². The van der Waals surface area contributed by atoms with Crippen molar-refractivity contribution < 1.29 is 23.1 Å². The van der Waals surface area contributed by atoms with Gasteiger partial charge in [-0.1, -0.05) is 11.6 Å². The largest absolute Gasteiger partial charge is 0.478 e. The van der Waals surface area contributed by atoms with Crippen LogP contribution in [0.1, 0.15) is 23.2 Å². The number of amides is 1. The van der Waals surface area contributed by atoms with Gasteiger partial charge in [0.25, 0.3) is 0 Å². The summed E-state index contributed by atoms with van der Waals surface area (Å²) in [4.78, 5) is 22.9. The Labute approximate surface area is 127 Å². The van der Waals surface area contributed by atoms with Crippen LogP contribution in [-0.4, -0.2) is 36.9 Å². The molecular formula is C13H14ClNO5S. The molecule has 1 heterocycles. The minimum Gasteiger partial charge on any atom is -0.478 e. The zero-order chi connectivity index (χ0) is 15.6. The Morgan fingerprint density at radius 2 is 1.86 bits per heavy atom. The van der Waals surface area contributed by atoms with Crippen LogP contribution in [0, 0.1) is 5.92 Å². The summed E-state index contributed by atoms with van der Waals surface area (Å²) >= 11 is 5.82. The third-order valence-electron chi connectivity index (χ3n) is 3.39. The second kappa shape index (κ2) is 6.03. The highest BCUT2D eigenvalue weighted by Gasteiger charge is 2.28. The number of carbonyl (C=O) groups excluding carboxylic acids is 1. The summed E-state index contributed by atoms with van der Waals surface area (Å²) in [6.45, 7) is 0. The lowest BCUT2D eigenvalue weighted by atomic mass is 10.0. The first-order chi connectivity index (χ1) is 9.78. The molecule has 1 aliphatic heterocycles. The van der Waals surface area contributed by atoms with Crippen molar-refractivity contribution in [2.45, 2.75) is 12.8 Å². The number of benzene rings is 1. The van der Waals surface area contributed by atoms with Gasteiger partial charge in [0.2, 0.25) is 5.91 Å². The third kappa shape index (κ3) is 3.95. The Hall–Kier alpha value is -1.60. The summed E-state index contributed by atoms with van der Waals surface area (Å²) in [6, 6.07) is 4.13. The van der Waals surface area contributed by atoms with Gasteiger partial charge in [-0.15, -0.1) is 0 Å². The summed E-state index contributed by atoms with van der Waals surface area (Å²) in [5.41, 5.74) is 0.349. The molecule has 1 fully saturated rings. The van der Waals surface area contributed by atoms with Crippen molar-refractivity contribution >= 4 is 39.0 Å². The lowest BCUT2D eigenvalue weighted by Crippen LogP contribution is -2.31. The van der Waals surface area contributed by atoms with Gasteiger partial charge in [0, 0.05) is 11.6 Å². The number of carboxylic acids is 1. The summed E-state index contributed by atoms with van der Waals surface area (Å²) in [7, 11) is -3.01. The number of hydrogen-bond acceptors (Lipinski definition) is 4. The Kier molecular flexibility index (Phi) is 4.53. The Morgan fingerprint density at radius 1 is 1.24 bits per heavy atom. The van der Waals surface area contributed by atoms with Crippen LogP contribution in [0.5, 0.6) is 0 Å². The molecule has 0 aromatic heterocycles. The van der Waals surface area contributed by atoms with Crippen LogP contribution in [0.3, 0.4) is 0 Å². The molecule has 0 radical (unpaired) electrons. The molecular weight excluding hydrogens is 318 g/mol. The number of aromatic carboxylic acids is 1. The SMILES string of the molecule is O=C(O)c1ccc(NC(=O)C2CCS(=O)(=O)CC2)cc1Cl. The second-order valence-electron chi connectivity index (χ2n) is 4.92. The van der Waals surface area contributed by atoms with Crippen LogP contribution >= 0.6 is 11.6 Å². The van der Waals surface area contributed by atoms with Gasteiger partial charge in [-0.2, -0.15) is 0 Å². The zero-order valence-electron chi connectivity index (χ0n) is 11.0. The molecule has 2 rings (SSSR count). The number of rotatable bonds is 3. The van der Waals surface area contributed by atoms with Crippen LogP contribution in [-0.2, 0) is 14.6 Å². The molecule has 0 atom stereocenters. The molecule has 114 valence electrons. The number of anilines is 1. The normalized spacial score (nSPS) is 18.1. The topological polar surface area (TPSA) is 101 Å². The summed E-state index contributed by atoms with van der Waals surface area (Å²) in [6.07, 6.45) is 0.601. The van der Waals surface area contributed by atoms with E-state index in [0.29, 0.717) is 18.5 Å². The van der Waals surface area contributed by atoms with Gasteiger partial charge in [0.05, 0.1) is 22.1 Å². The van der Waals surface area contributed by atoms with E-state index < -0.39 is 15.8 Å². The average Bonchev–Trinajstić information content (AvgIpc) is 2.38. The zero-order valence-corrected chi connectivity index (χ0v) is 12.6. The summed E-state index contributed by atoms with van der Waals surface area (Å²) < 4.78 is 22.6. The smallest absolute Gasteiger partial charge is 0.337 e. The van der Waals surface area contributed by atoms with E-state index in [0.717, 1.165) is 0 Å². The molecule has 0 aliphatic carbocycles. The van der Waals surface area contributed by atoms with E-state index in [1.54, 1.807) is 0 Å². The van der Waals surface area contributed by atoms with Gasteiger partial charge in [-0.05, 0) is 31.0 Å². The Morgan fingerprint density at radius 3 is 2.38 bits per heavy atom. The second-order valence-corrected chi connectivity index (χ2v) is 7.63. The maximum absolute atomic E-state index is 12.0. The monoisotopic (exact) mass is 331 g/mol. The quantitative estimate of drug-likeness (QED) is 0.879. The maximum atomic E-state index is 12.0. The van der Waals surface area contributed by atoms with Crippen LogP contribution in [0.2, 0.25) is 5.02 Å². The first-order valence-electron chi connectivity index (χ1n) is 6.32. The Balaban J connectivity index is 2.03. The molecule has 21 heavy (non-hydrogen) atoms. The molecule has 1 amide bonds.